The molecule has 2 heterocycles. The van der Waals surface area contributed by atoms with E-state index in [0.717, 1.165) is 11.5 Å². The number of nitrogens with zero attached hydrogens (tertiary/aromatic N) is 3. The van der Waals surface area contributed by atoms with Crippen molar-refractivity contribution in [3.63, 3.8) is 0 Å². The van der Waals surface area contributed by atoms with E-state index in [1.807, 2.05) is 0 Å². The van der Waals surface area contributed by atoms with Crippen molar-refractivity contribution in [3.05, 3.63) is 83.6 Å². The van der Waals surface area contributed by atoms with Gasteiger partial charge in [-0.1, -0.05) is 0 Å². The van der Waals surface area contributed by atoms with E-state index in [0.29, 0.717) is 0 Å². The molecule has 0 radical (unpaired) electrons. The molecule has 5 aromatic rings. The Hall–Kier alpha value is -2.92. The molecule has 0 spiro atoms. The van der Waals surface area contributed by atoms with Crippen LogP contribution in [0.5, 0.6) is 0 Å². The maximum absolute atomic E-state index is 5.31. The van der Waals surface area contributed by atoms with Gasteiger partial charge >= 0.3 is 199 Å². The molecule has 3 aromatic carbocycles. The summed E-state index contributed by atoms with van der Waals surface area (Å²) in [6.07, 6.45) is 2.24. The summed E-state index contributed by atoms with van der Waals surface area (Å²) in [5, 5.41) is 2.41. The van der Waals surface area contributed by atoms with Crippen LogP contribution in [0.25, 0.3) is 39.0 Å². The van der Waals surface area contributed by atoms with Crippen LogP contribution in [0.1, 0.15) is 16.7 Å². The van der Waals surface area contributed by atoms with Crippen LogP contribution in [0.3, 0.4) is 0 Å². The minimum atomic E-state index is -1.87. The molecule has 0 saturated carbocycles. The van der Waals surface area contributed by atoms with Crippen molar-refractivity contribution in [1.82, 2.24) is 9.55 Å². The van der Waals surface area contributed by atoms with Gasteiger partial charge in [0.2, 0.25) is 0 Å². The predicted octanol–water partition coefficient (Wildman–Crippen LogP) is 6.14. The topological polar surface area (TPSA) is 21.7 Å². The molecule has 0 atom stereocenters. The number of hydrogen-bond acceptors (Lipinski definition) is 1. The molecule has 0 aliphatic rings. The van der Waals surface area contributed by atoms with Crippen LogP contribution in [0, 0.1) is 20.8 Å². The van der Waals surface area contributed by atoms with Crippen LogP contribution in [0.15, 0.2) is 66.9 Å². The summed E-state index contributed by atoms with van der Waals surface area (Å²) in [6.45, 7) is 6.54. The summed E-state index contributed by atoms with van der Waals surface area (Å²) in [4.78, 5) is 5.31. The first-order valence-corrected chi connectivity index (χ1v) is 19.0. The SMILES string of the molecule is Cc1cc(C)c(C)c(-c2nc3c(c[n+]2C)c2ccccc2n3-c2cc[c]([Ge]([CH3])([CH3])[CH3])cc2)c1. The van der Waals surface area contributed by atoms with E-state index >= 15 is 0 Å². The minimum absolute atomic E-state index is 0.997. The summed E-state index contributed by atoms with van der Waals surface area (Å²) in [6, 6.07) is 22.3. The van der Waals surface area contributed by atoms with Crippen LogP contribution in [0.4, 0.5) is 0 Å². The summed E-state index contributed by atoms with van der Waals surface area (Å²) in [5.74, 6) is 8.32. The predicted molar refractivity (Wildman–Crippen MR) is 142 cm³/mol. The summed E-state index contributed by atoms with van der Waals surface area (Å²) in [7, 11) is 2.11. The third-order valence-corrected chi connectivity index (χ3v) is 11.1. The van der Waals surface area contributed by atoms with E-state index in [9.17, 15) is 0 Å². The molecule has 0 saturated heterocycles. The van der Waals surface area contributed by atoms with Crippen molar-refractivity contribution in [2.75, 3.05) is 0 Å². The molecule has 33 heavy (non-hydrogen) atoms. The van der Waals surface area contributed by atoms with Gasteiger partial charge in [-0.05, 0) is 0 Å². The Balaban J connectivity index is 1.83. The molecule has 0 unspecified atom stereocenters. The number of benzene rings is 3. The number of aryl methyl sites for hydroxylation is 3. The van der Waals surface area contributed by atoms with Crippen molar-refractivity contribution in [2.24, 2.45) is 7.05 Å². The summed E-state index contributed by atoms with van der Waals surface area (Å²) >= 11 is -1.87. The Morgan fingerprint density at radius 1 is 0.848 bits per heavy atom. The third kappa shape index (κ3) is 3.69. The average molecular weight is 495 g/mol. The fourth-order valence-corrected chi connectivity index (χ4v) is 7.26. The van der Waals surface area contributed by atoms with E-state index in [1.165, 1.54) is 48.6 Å². The zero-order chi connectivity index (χ0) is 23.5. The number of rotatable bonds is 3. The van der Waals surface area contributed by atoms with Gasteiger partial charge < -0.3 is 0 Å². The number of hydrogen-bond donors (Lipinski definition) is 0. The van der Waals surface area contributed by atoms with E-state index in [2.05, 4.69) is 121 Å². The second kappa shape index (κ2) is 7.84. The van der Waals surface area contributed by atoms with Crippen molar-refractivity contribution in [1.29, 1.82) is 0 Å². The Morgan fingerprint density at radius 2 is 1.55 bits per heavy atom. The van der Waals surface area contributed by atoms with E-state index in [1.54, 1.807) is 0 Å². The second-order valence-electron chi connectivity index (χ2n) is 10.3. The molecule has 166 valence electrons. The quantitative estimate of drug-likeness (QED) is 0.218. The Kier molecular flexibility index (Phi) is 5.20. The Morgan fingerprint density at radius 3 is 2.24 bits per heavy atom. The summed E-state index contributed by atoms with van der Waals surface area (Å²) in [5.41, 5.74) is 8.42. The molecule has 3 nitrogen and oxygen atoms in total. The van der Waals surface area contributed by atoms with Crippen LogP contribution >= 0.6 is 0 Å². The molecule has 0 aliphatic carbocycles. The van der Waals surface area contributed by atoms with Crippen LogP contribution < -0.4 is 8.96 Å². The first-order valence-electron chi connectivity index (χ1n) is 11.6. The number of para-hydroxylation sites is 1. The second-order valence-corrected chi connectivity index (χ2v) is 21.0. The Bertz CT molecular complexity index is 1520. The van der Waals surface area contributed by atoms with Gasteiger partial charge in [0.05, 0.1) is 0 Å². The molecular formula is C29H32GeN3+. The zero-order valence-electron chi connectivity index (χ0n) is 20.7. The van der Waals surface area contributed by atoms with E-state index in [-0.39, 0.29) is 0 Å². The zero-order valence-corrected chi connectivity index (χ0v) is 22.8. The van der Waals surface area contributed by atoms with Gasteiger partial charge in [0.25, 0.3) is 0 Å². The molecule has 0 bridgehead atoms. The Labute approximate surface area is 199 Å². The number of fused-ring (bicyclic) bond motifs is 3. The molecule has 5 rings (SSSR count). The van der Waals surface area contributed by atoms with Crippen molar-refractivity contribution in [2.45, 2.75) is 38.0 Å². The van der Waals surface area contributed by atoms with Crippen LogP contribution in [0.2, 0.25) is 17.3 Å². The van der Waals surface area contributed by atoms with E-state index in [4.69, 9.17) is 4.98 Å². The first-order chi connectivity index (χ1) is 15.6. The molecular weight excluding hydrogens is 463 g/mol. The standard InChI is InChI=1S/C29H32GeN3/c1-19-16-20(2)21(3)25(17-19)28-31-29-26(18-32(28)7)24-10-8-9-11-27(24)33(29)23-14-12-22(13-15-23)30(4,5)6/h8-18H,1-7H3/q+1. The van der Waals surface area contributed by atoms with Gasteiger partial charge in [-0.2, -0.15) is 0 Å². The molecule has 2 aromatic heterocycles. The molecule has 4 heteroatoms. The number of aromatic nitrogens is 3. The first kappa shape index (κ1) is 21.9. The maximum atomic E-state index is 5.31. The summed E-state index contributed by atoms with van der Waals surface area (Å²) < 4.78 is 6.02. The van der Waals surface area contributed by atoms with Crippen molar-refractivity contribution < 1.29 is 4.57 Å². The van der Waals surface area contributed by atoms with E-state index < -0.39 is 13.3 Å². The van der Waals surface area contributed by atoms with Gasteiger partial charge in [-0.3, -0.25) is 0 Å². The third-order valence-electron chi connectivity index (χ3n) is 6.80. The van der Waals surface area contributed by atoms with Gasteiger partial charge in [0.15, 0.2) is 0 Å². The monoisotopic (exact) mass is 496 g/mol. The van der Waals surface area contributed by atoms with Gasteiger partial charge in [0.1, 0.15) is 0 Å². The fraction of sp³-hybridized carbons (Fsp3) is 0.241. The van der Waals surface area contributed by atoms with Crippen LogP contribution in [-0.2, 0) is 7.05 Å². The molecule has 0 fully saturated rings. The van der Waals surface area contributed by atoms with Crippen molar-refractivity contribution >= 4 is 39.6 Å². The molecule has 0 N–H and O–H groups in total. The fourth-order valence-electron chi connectivity index (χ4n) is 4.82. The van der Waals surface area contributed by atoms with Crippen molar-refractivity contribution in [3.8, 4) is 17.1 Å². The van der Waals surface area contributed by atoms with Gasteiger partial charge in [-0.15, -0.1) is 0 Å². The molecule has 0 aliphatic heterocycles. The van der Waals surface area contributed by atoms with Crippen LogP contribution in [-0.4, -0.2) is 22.8 Å². The van der Waals surface area contributed by atoms with Gasteiger partial charge in [0, 0.05) is 0 Å². The molecule has 0 amide bonds. The van der Waals surface area contributed by atoms with Gasteiger partial charge in [-0.25, -0.2) is 0 Å². The normalized spacial score (nSPS) is 12.1. The average Bonchev–Trinajstić information content (AvgIpc) is 3.08.